The van der Waals surface area contributed by atoms with Gasteiger partial charge in [-0.15, -0.1) is 0 Å². The van der Waals surface area contributed by atoms with Gasteiger partial charge in [0.2, 0.25) is 0 Å². The summed E-state index contributed by atoms with van der Waals surface area (Å²) < 4.78 is 5.14. The van der Waals surface area contributed by atoms with Crippen molar-refractivity contribution in [1.29, 1.82) is 0 Å². The van der Waals surface area contributed by atoms with Crippen molar-refractivity contribution >= 4 is 17.0 Å². The van der Waals surface area contributed by atoms with Gasteiger partial charge in [0.05, 0.1) is 0 Å². The Labute approximate surface area is 142 Å². The minimum Gasteiger partial charge on any atom is -0.453 e. The molecular formula is C20H21ClO2. The van der Waals surface area contributed by atoms with Gasteiger partial charge in [0.15, 0.2) is 0 Å². The van der Waals surface area contributed by atoms with Gasteiger partial charge in [0.1, 0.15) is 6.61 Å². The molecule has 1 aliphatic rings. The second-order valence-electron chi connectivity index (χ2n) is 6.05. The van der Waals surface area contributed by atoms with Crippen molar-refractivity contribution in [3.05, 3.63) is 58.7 Å². The van der Waals surface area contributed by atoms with Gasteiger partial charge in [-0.2, -0.15) is 0 Å². The maximum Gasteiger partial charge on any atom is 0.403 e. The fourth-order valence-corrected chi connectivity index (χ4v) is 3.51. The average molecular weight is 329 g/mol. The molecule has 1 unspecified atom stereocenters. The van der Waals surface area contributed by atoms with Crippen molar-refractivity contribution < 1.29 is 9.53 Å². The molecule has 0 spiro atoms. The van der Waals surface area contributed by atoms with Gasteiger partial charge in [0, 0.05) is 17.5 Å². The maximum absolute atomic E-state index is 11.1. The van der Waals surface area contributed by atoms with Gasteiger partial charge >= 0.3 is 5.43 Å². The zero-order valence-corrected chi connectivity index (χ0v) is 14.3. The van der Waals surface area contributed by atoms with Crippen LogP contribution in [-0.4, -0.2) is 12.0 Å². The molecule has 0 heterocycles. The van der Waals surface area contributed by atoms with Crippen LogP contribution in [-0.2, 0) is 17.6 Å². The van der Waals surface area contributed by atoms with Gasteiger partial charge in [-0.05, 0) is 46.2 Å². The van der Waals surface area contributed by atoms with Crippen molar-refractivity contribution in [2.24, 2.45) is 0 Å². The van der Waals surface area contributed by atoms with Crippen LogP contribution in [0, 0.1) is 0 Å². The third-order valence-corrected chi connectivity index (χ3v) is 4.69. The molecule has 0 aromatic heterocycles. The second-order valence-corrected chi connectivity index (χ2v) is 6.36. The molecule has 1 atom stereocenters. The van der Waals surface area contributed by atoms with Crippen LogP contribution in [0.25, 0.3) is 11.1 Å². The van der Waals surface area contributed by atoms with Gasteiger partial charge < -0.3 is 4.74 Å². The molecule has 0 bridgehead atoms. The van der Waals surface area contributed by atoms with E-state index in [4.69, 9.17) is 16.3 Å². The monoisotopic (exact) mass is 328 g/mol. The predicted octanol–water partition coefficient (Wildman–Crippen LogP) is 5.69. The molecule has 0 amide bonds. The van der Waals surface area contributed by atoms with Crippen molar-refractivity contribution in [1.82, 2.24) is 0 Å². The van der Waals surface area contributed by atoms with Gasteiger partial charge in [0.25, 0.3) is 0 Å². The number of aryl methyl sites for hydroxylation is 2. The summed E-state index contributed by atoms with van der Waals surface area (Å²) in [6.07, 6.45) is 3.17. The highest BCUT2D eigenvalue weighted by Gasteiger charge is 2.30. The largest absolute Gasteiger partial charge is 0.453 e. The molecule has 1 aliphatic carbocycles. The first kappa shape index (κ1) is 16.1. The molecule has 0 radical (unpaired) electrons. The summed E-state index contributed by atoms with van der Waals surface area (Å²) in [5.41, 5.74) is 6.87. The number of hydrogen-bond donors (Lipinski definition) is 0. The van der Waals surface area contributed by atoms with Crippen LogP contribution in [0.15, 0.2) is 36.4 Å². The third-order valence-electron chi connectivity index (χ3n) is 4.58. The van der Waals surface area contributed by atoms with Crippen LogP contribution in [0.1, 0.15) is 48.4 Å². The standard InChI is InChI=1S/C20H21ClO2/c1-3-5-14-7-9-16-15-8-6-13(4-2)10-17(15)19(18(16)11-14)12-23-20(21)22/h6-11,19H,3-5,12H2,1-2H3. The maximum atomic E-state index is 11.1. The number of ether oxygens (including phenoxy) is 1. The number of carbonyl (C=O) groups is 1. The molecular weight excluding hydrogens is 308 g/mol. The summed E-state index contributed by atoms with van der Waals surface area (Å²) in [5.74, 6) is 0.0750. The highest BCUT2D eigenvalue weighted by Crippen LogP contribution is 2.45. The Hall–Kier alpha value is -1.80. The van der Waals surface area contributed by atoms with Gasteiger partial charge in [-0.1, -0.05) is 56.7 Å². The topological polar surface area (TPSA) is 26.3 Å². The highest BCUT2D eigenvalue weighted by molar-refractivity contribution is 6.61. The fraction of sp³-hybridized carbons (Fsp3) is 0.350. The average Bonchev–Trinajstić information content (AvgIpc) is 2.85. The zero-order chi connectivity index (χ0) is 16.4. The Morgan fingerprint density at radius 2 is 1.65 bits per heavy atom. The van der Waals surface area contributed by atoms with Crippen molar-refractivity contribution in [3.63, 3.8) is 0 Å². The Morgan fingerprint density at radius 3 is 2.22 bits per heavy atom. The number of hydrogen-bond acceptors (Lipinski definition) is 2. The lowest BCUT2D eigenvalue weighted by molar-refractivity contribution is 0.170. The van der Waals surface area contributed by atoms with Crippen LogP contribution >= 0.6 is 11.6 Å². The number of benzene rings is 2. The van der Waals surface area contributed by atoms with Crippen LogP contribution in [0.2, 0.25) is 0 Å². The van der Waals surface area contributed by atoms with E-state index in [0.717, 1.165) is 19.3 Å². The highest BCUT2D eigenvalue weighted by atomic mass is 35.5. The summed E-state index contributed by atoms with van der Waals surface area (Å²) >= 11 is 5.39. The molecule has 0 saturated carbocycles. The van der Waals surface area contributed by atoms with E-state index in [9.17, 15) is 4.79 Å². The molecule has 120 valence electrons. The van der Waals surface area contributed by atoms with Gasteiger partial charge in [-0.3, -0.25) is 0 Å². The summed E-state index contributed by atoms with van der Waals surface area (Å²) in [5, 5.41) is 0. The lowest BCUT2D eigenvalue weighted by Gasteiger charge is -2.14. The first-order valence-corrected chi connectivity index (χ1v) is 8.60. The predicted molar refractivity (Wildman–Crippen MR) is 94.3 cm³/mol. The van der Waals surface area contributed by atoms with Crippen LogP contribution in [0.5, 0.6) is 0 Å². The Bertz CT molecular complexity index is 736. The molecule has 2 nitrogen and oxygen atoms in total. The van der Waals surface area contributed by atoms with Crippen LogP contribution in [0.3, 0.4) is 0 Å². The van der Waals surface area contributed by atoms with E-state index < -0.39 is 5.43 Å². The van der Waals surface area contributed by atoms with Gasteiger partial charge in [-0.25, -0.2) is 4.79 Å². The van der Waals surface area contributed by atoms with Crippen molar-refractivity contribution in [2.45, 2.75) is 39.0 Å². The van der Waals surface area contributed by atoms with E-state index in [2.05, 4.69) is 50.2 Å². The van der Waals surface area contributed by atoms with E-state index in [1.165, 1.54) is 33.4 Å². The third kappa shape index (κ3) is 3.13. The summed E-state index contributed by atoms with van der Waals surface area (Å²) in [6.45, 7) is 4.63. The quantitative estimate of drug-likeness (QED) is 0.659. The lowest BCUT2D eigenvalue weighted by atomic mass is 9.94. The van der Waals surface area contributed by atoms with Crippen molar-refractivity contribution in [3.8, 4) is 11.1 Å². The Kier molecular flexibility index (Phi) is 4.72. The normalized spacial score (nSPS) is 15.2. The summed E-state index contributed by atoms with van der Waals surface area (Å²) in [7, 11) is 0. The lowest BCUT2D eigenvalue weighted by Crippen LogP contribution is -2.08. The molecule has 2 aromatic rings. The zero-order valence-electron chi connectivity index (χ0n) is 13.6. The molecule has 3 heteroatoms. The van der Waals surface area contributed by atoms with Crippen molar-refractivity contribution in [2.75, 3.05) is 6.61 Å². The minimum atomic E-state index is -0.739. The molecule has 23 heavy (non-hydrogen) atoms. The molecule has 3 rings (SSSR count). The molecule has 2 aromatic carbocycles. The molecule has 0 aliphatic heterocycles. The number of rotatable bonds is 5. The fourth-order valence-electron chi connectivity index (χ4n) is 3.45. The SMILES string of the molecule is CCCc1ccc2c(c1)C(COC(=O)Cl)c1cc(CC)ccc1-2. The minimum absolute atomic E-state index is 0.0750. The number of fused-ring (bicyclic) bond motifs is 3. The van der Waals surface area contributed by atoms with E-state index >= 15 is 0 Å². The smallest absolute Gasteiger partial charge is 0.403 e. The second kappa shape index (κ2) is 6.76. The van der Waals surface area contributed by atoms with E-state index in [1.807, 2.05) is 0 Å². The van der Waals surface area contributed by atoms with Crippen LogP contribution < -0.4 is 0 Å². The van der Waals surface area contributed by atoms with E-state index in [-0.39, 0.29) is 5.92 Å². The molecule has 0 saturated heterocycles. The summed E-state index contributed by atoms with van der Waals surface area (Å²) in [6, 6.07) is 13.3. The van der Waals surface area contributed by atoms with Crippen LogP contribution in [0.4, 0.5) is 4.79 Å². The first-order chi connectivity index (χ1) is 11.1. The number of halogens is 1. The first-order valence-electron chi connectivity index (χ1n) is 8.22. The Morgan fingerprint density at radius 1 is 1.04 bits per heavy atom. The number of carbonyl (C=O) groups excluding carboxylic acids is 1. The van der Waals surface area contributed by atoms with E-state index in [0.29, 0.717) is 6.61 Å². The summed E-state index contributed by atoms with van der Waals surface area (Å²) in [4.78, 5) is 11.1. The Balaban J connectivity index is 2.06. The molecule has 0 N–H and O–H groups in total. The van der Waals surface area contributed by atoms with E-state index in [1.54, 1.807) is 0 Å². The molecule has 0 fully saturated rings.